The highest BCUT2D eigenvalue weighted by Crippen LogP contribution is 2.26. The summed E-state index contributed by atoms with van der Waals surface area (Å²) in [6, 6.07) is 10.6. The van der Waals surface area contributed by atoms with Crippen molar-refractivity contribution in [3.8, 4) is 0 Å². The van der Waals surface area contributed by atoms with Gasteiger partial charge in [-0.2, -0.15) is 0 Å². The minimum absolute atomic E-state index is 0. The lowest BCUT2D eigenvalue weighted by molar-refractivity contribution is -0.129. The molecule has 6 N–H and O–H groups in total. The maximum atomic E-state index is 12.8. The third-order valence-electron chi connectivity index (χ3n) is 5.57. The van der Waals surface area contributed by atoms with Crippen LogP contribution >= 0.6 is 12.4 Å². The molecule has 31 heavy (non-hydrogen) atoms. The van der Waals surface area contributed by atoms with E-state index in [9.17, 15) is 9.59 Å². The summed E-state index contributed by atoms with van der Waals surface area (Å²) in [7, 11) is 0. The molecule has 2 atom stereocenters. The number of para-hydroxylation sites is 1. The molecular formula is C22H27ClN6O2. The molecule has 2 amide bonds. The Hall–Kier alpha value is -3.10. The highest BCUT2D eigenvalue weighted by Gasteiger charge is 2.28. The summed E-state index contributed by atoms with van der Waals surface area (Å²) in [6.07, 6.45) is 0.579. The van der Waals surface area contributed by atoms with Gasteiger partial charge in [0.05, 0.1) is 6.04 Å². The number of carbonyl (C=O) groups excluding carboxylic acids is 2. The number of nitrogens with one attached hydrogen (secondary N) is 4. The fourth-order valence-electron chi connectivity index (χ4n) is 3.84. The molecule has 1 aliphatic heterocycles. The number of nitrogens with zero attached hydrogens (tertiary/aromatic N) is 1. The van der Waals surface area contributed by atoms with Crippen LogP contribution in [0.1, 0.15) is 29.4 Å². The first-order chi connectivity index (χ1) is 14.4. The SMILES string of the molecule is Cc1nc(N)ccc1CNC(=O)[C@H](C)NC(=O)[C@H]1Cc2c([nH]c3ccccc23)CN1.Cl. The fourth-order valence-corrected chi connectivity index (χ4v) is 3.84. The largest absolute Gasteiger partial charge is 0.384 e. The minimum Gasteiger partial charge on any atom is -0.384 e. The number of aryl methyl sites for hydroxylation is 1. The summed E-state index contributed by atoms with van der Waals surface area (Å²) >= 11 is 0. The number of fused-ring (bicyclic) bond motifs is 3. The standard InChI is InChI=1S/C22H26N6O2.ClH/c1-12-14(7-8-20(23)26-12)10-25-21(29)13(2)27-22(30)18-9-16-15-5-3-4-6-17(15)28-19(16)11-24-18;/h3-8,13,18,24,28H,9-11H2,1-2H3,(H2,23,26)(H,25,29)(H,27,30);1H/t13-,18+;/m0./s1. The van der Waals surface area contributed by atoms with Gasteiger partial charge in [-0.1, -0.05) is 24.3 Å². The molecule has 0 bridgehead atoms. The molecule has 8 nitrogen and oxygen atoms in total. The summed E-state index contributed by atoms with van der Waals surface area (Å²) in [4.78, 5) is 32.8. The van der Waals surface area contributed by atoms with Crippen molar-refractivity contribution in [2.75, 3.05) is 5.73 Å². The van der Waals surface area contributed by atoms with Crippen molar-refractivity contribution in [1.82, 2.24) is 25.9 Å². The van der Waals surface area contributed by atoms with Gasteiger partial charge in [0.25, 0.3) is 0 Å². The molecule has 0 fully saturated rings. The number of H-pyrrole nitrogens is 1. The third kappa shape index (κ3) is 4.81. The van der Waals surface area contributed by atoms with Gasteiger partial charge in [-0.3, -0.25) is 14.9 Å². The molecule has 0 radical (unpaired) electrons. The third-order valence-corrected chi connectivity index (χ3v) is 5.57. The molecule has 3 aromatic rings. The number of nitrogen functional groups attached to an aromatic ring is 1. The van der Waals surface area contributed by atoms with Crippen molar-refractivity contribution in [3.05, 3.63) is 58.9 Å². The Morgan fingerprint density at radius 1 is 1.26 bits per heavy atom. The van der Waals surface area contributed by atoms with Gasteiger partial charge in [-0.25, -0.2) is 4.98 Å². The molecular weight excluding hydrogens is 416 g/mol. The van der Waals surface area contributed by atoms with Crippen molar-refractivity contribution in [2.24, 2.45) is 0 Å². The van der Waals surface area contributed by atoms with Gasteiger partial charge >= 0.3 is 0 Å². The van der Waals surface area contributed by atoms with Crippen LogP contribution in [0.4, 0.5) is 5.82 Å². The predicted molar refractivity (Wildman–Crippen MR) is 123 cm³/mol. The first kappa shape index (κ1) is 22.6. The van der Waals surface area contributed by atoms with Gasteiger partial charge in [-0.15, -0.1) is 12.4 Å². The van der Waals surface area contributed by atoms with Crippen LogP contribution in [0.25, 0.3) is 10.9 Å². The monoisotopic (exact) mass is 442 g/mol. The van der Waals surface area contributed by atoms with Gasteiger partial charge < -0.3 is 21.4 Å². The number of hydrogen-bond acceptors (Lipinski definition) is 5. The number of benzene rings is 1. The zero-order valence-electron chi connectivity index (χ0n) is 17.5. The number of anilines is 1. The van der Waals surface area contributed by atoms with Gasteiger partial charge in [0.2, 0.25) is 11.8 Å². The Morgan fingerprint density at radius 2 is 2.03 bits per heavy atom. The van der Waals surface area contributed by atoms with Crippen LogP contribution in [0.5, 0.6) is 0 Å². The Balaban J connectivity index is 0.00000272. The second kappa shape index (κ2) is 9.36. The number of hydrogen-bond donors (Lipinski definition) is 5. The molecule has 9 heteroatoms. The molecule has 4 rings (SSSR count). The van der Waals surface area contributed by atoms with Gasteiger partial charge in [0.15, 0.2) is 0 Å². The van der Waals surface area contributed by atoms with E-state index in [0.29, 0.717) is 25.3 Å². The number of halogens is 1. The highest BCUT2D eigenvalue weighted by atomic mass is 35.5. The van der Waals surface area contributed by atoms with E-state index in [2.05, 4.69) is 32.0 Å². The number of aromatic amines is 1. The zero-order chi connectivity index (χ0) is 21.3. The van der Waals surface area contributed by atoms with E-state index in [-0.39, 0.29) is 30.3 Å². The topological polar surface area (TPSA) is 125 Å². The molecule has 0 spiro atoms. The average Bonchev–Trinajstić information content (AvgIpc) is 3.10. The quantitative estimate of drug-likeness (QED) is 0.411. The van der Waals surface area contributed by atoms with Gasteiger partial charge in [-0.05, 0) is 43.5 Å². The molecule has 1 aromatic carbocycles. The van der Waals surface area contributed by atoms with E-state index in [0.717, 1.165) is 33.4 Å². The van der Waals surface area contributed by atoms with Crippen LogP contribution < -0.4 is 21.7 Å². The number of aromatic nitrogens is 2. The lowest BCUT2D eigenvalue weighted by Gasteiger charge is -2.25. The fraction of sp³-hybridized carbons (Fsp3) is 0.318. The van der Waals surface area contributed by atoms with Crippen molar-refractivity contribution in [1.29, 1.82) is 0 Å². The number of rotatable bonds is 5. The minimum atomic E-state index is -0.647. The van der Waals surface area contributed by atoms with E-state index in [1.807, 2.05) is 31.2 Å². The van der Waals surface area contributed by atoms with E-state index in [1.54, 1.807) is 13.0 Å². The smallest absolute Gasteiger partial charge is 0.242 e. The summed E-state index contributed by atoms with van der Waals surface area (Å²) < 4.78 is 0. The summed E-state index contributed by atoms with van der Waals surface area (Å²) in [5.41, 5.74) is 10.7. The van der Waals surface area contributed by atoms with Crippen molar-refractivity contribution in [3.63, 3.8) is 0 Å². The van der Waals surface area contributed by atoms with E-state index in [4.69, 9.17) is 5.73 Å². The summed E-state index contributed by atoms with van der Waals surface area (Å²) in [6.45, 7) is 4.45. The van der Waals surface area contributed by atoms with Crippen molar-refractivity contribution in [2.45, 2.75) is 45.4 Å². The van der Waals surface area contributed by atoms with Crippen LogP contribution in [0.15, 0.2) is 36.4 Å². The number of pyridine rings is 1. The Labute approximate surface area is 186 Å². The second-order valence-electron chi connectivity index (χ2n) is 7.69. The molecule has 3 heterocycles. The van der Waals surface area contributed by atoms with E-state index in [1.165, 1.54) is 0 Å². The maximum Gasteiger partial charge on any atom is 0.242 e. The number of carbonyl (C=O) groups is 2. The predicted octanol–water partition coefficient (Wildman–Crippen LogP) is 1.71. The normalized spacial score (nSPS) is 16.1. The summed E-state index contributed by atoms with van der Waals surface area (Å²) in [5, 5.41) is 10.1. The van der Waals surface area contributed by atoms with Crippen molar-refractivity contribution >= 4 is 40.9 Å². The summed E-state index contributed by atoms with van der Waals surface area (Å²) in [5.74, 6) is 0.0172. The molecule has 0 aliphatic carbocycles. The first-order valence-electron chi connectivity index (χ1n) is 10.0. The average molecular weight is 443 g/mol. The lowest BCUT2D eigenvalue weighted by atomic mass is 9.98. The first-order valence-corrected chi connectivity index (χ1v) is 10.0. The molecule has 0 saturated heterocycles. The Morgan fingerprint density at radius 3 is 2.81 bits per heavy atom. The van der Waals surface area contributed by atoms with Gasteiger partial charge in [0, 0.05) is 35.4 Å². The lowest BCUT2D eigenvalue weighted by Crippen LogP contribution is -2.53. The van der Waals surface area contributed by atoms with Crippen LogP contribution in [0, 0.1) is 6.92 Å². The molecule has 0 saturated carbocycles. The molecule has 1 aliphatic rings. The second-order valence-corrected chi connectivity index (χ2v) is 7.69. The number of nitrogens with two attached hydrogens (primary N) is 1. The van der Waals surface area contributed by atoms with Crippen LogP contribution in [-0.2, 0) is 29.1 Å². The maximum absolute atomic E-state index is 12.8. The molecule has 0 unspecified atom stereocenters. The number of amides is 2. The van der Waals surface area contributed by atoms with E-state index < -0.39 is 6.04 Å². The Kier molecular flexibility index (Phi) is 6.82. The van der Waals surface area contributed by atoms with Crippen LogP contribution in [0.2, 0.25) is 0 Å². The highest BCUT2D eigenvalue weighted by molar-refractivity contribution is 5.91. The molecule has 2 aromatic heterocycles. The zero-order valence-corrected chi connectivity index (χ0v) is 18.3. The van der Waals surface area contributed by atoms with Crippen molar-refractivity contribution < 1.29 is 9.59 Å². The van der Waals surface area contributed by atoms with Gasteiger partial charge in [0.1, 0.15) is 11.9 Å². The van der Waals surface area contributed by atoms with Crippen LogP contribution in [0.3, 0.4) is 0 Å². The molecule has 164 valence electrons. The van der Waals surface area contributed by atoms with Crippen LogP contribution in [-0.4, -0.2) is 33.9 Å². The Bertz CT molecular complexity index is 1110. The van der Waals surface area contributed by atoms with E-state index >= 15 is 0 Å².